The molecule has 0 aliphatic carbocycles. The summed E-state index contributed by atoms with van der Waals surface area (Å²) < 4.78 is 49.6. The molecule has 58 heavy (non-hydrogen) atoms. The summed E-state index contributed by atoms with van der Waals surface area (Å²) in [6.07, 6.45) is 0.147. The van der Waals surface area contributed by atoms with Crippen LogP contribution in [0.4, 0.5) is 14.9 Å². The summed E-state index contributed by atoms with van der Waals surface area (Å²) >= 11 is 0. The van der Waals surface area contributed by atoms with Crippen LogP contribution in [0.25, 0.3) is 11.6 Å². The van der Waals surface area contributed by atoms with Crippen LogP contribution in [0.1, 0.15) is 86.9 Å². The number of hydrogen-bond acceptors (Lipinski definition) is 10. The lowest BCUT2D eigenvalue weighted by Gasteiger charge is -2.26. The SMILES string of the molecule is CCN(CCNC(=O)c1c(C)[nH]c(/C=C2\C(=O)Nc3ccc(F)cc32)c1C)C(=O)OCc1ccc(OP(=O)(N[C@@H](C)C(=O)OC(C)C)N[C@@H](C)C(=O)OC(C)C)cc1. The number of anilines is 1. The maximum absolute atomic E-state index is 14.0. The van der Waals surface area contributed by atoms with E-state index in [1.165, 1.54) is 49.1 Å². The number of carbonyl (C=O) groups excluding carboxylic acids is 5. The third-order valence-corrected chi connectivity index (χ3v) is 10.6. The normalized spacial score (nSPS) is 14.1. The molecule has 0 bridgehead atoms. The highest BCUT2D eigenvalue weighted by Gasteiger charge is 2.35. The van der Waals surface area contributed by atoms with Gasteiger partial charge in [0.2, 0.25) is 0 Å². The van der Waals surface area contributed by atoms with Crippen molar-refractivity contribution in [1.82, 2.24) is 25.4 Å². The van der Waals surface area contributed by atoms with E-state index in [0.717, 1.165) is 0 Å². The zero-order valence-corrected chi connectivity index (χ0v) is 35.0. The molecule has 314 valence electrons. The maximum Gasteiger partial charge on any atom is 0.410 e. The molecule has 2 atom stereocenters. The van der Waals surface area contributed by atoms with Crippen LogP contribution in [-0.2, 0) is 39.8 Å². The highest BCUT2D eigenvalue weighted by molar-refractivity contribution is 7.55. The average molecular weight is 827 g/mol. The molecule has 5 N–H and O–H groups in total. The number of nitrogens with zero attached hydrogens (tertiary/aromatic N) is 1. The van der Waals surface area contributed by atoms with Crippen LogP contribution in [0.2, 0.25) is 0 Å². The smallest absolute Gasteiger partial charge is 0.410 e. The Bertz CT molecular complexity index is 2050. The Kier molecular flexibility index (Phi) is 15.4. The second kappa shape index (κ2) is 19.8. The topological polar surface area (TPSA) is 206 Å². The van der Waals surface area contributed by atoms with E-state index < -0.39 is 55.8 Å². The molecule has 2 heterocycles. The molecule has 0 spiro atoms. The number of halogens is 1. The summed E-state index contributed by atoms with van der Waals surface area (Å²) in [7, 11) is -4.13. The van der Waals surface area contributed by atoms with Gasteiger partial charge in [0.15, 0.2) is 0 Å². The van der Waals surface area contributed by atoms with Gasteiger partial charge >= 0.3 is 25.7 Å². The molecule has 0 saturated heterocycles. The number of aromatic amines is 1. The predicted octanol–water partition coefficient (Wildman–Crippen LogP) is 6.00. The Hall–Kier alpha value is -5.51. The largest absolute Gasteiger partial charge is 0.462 e. The number of carbonyl (C=O) groups is 5. The van der Waals surface area contributed by atoms with Gasteiger partial charge in [0.1, 0.15) is 30.3 Å². The Morgan fingerprint density at radius 1 is 0.914 bits per heavy atom. The number of hydrogen-bond donors (Lipinski definition) is 5. The molecular weight excluding hydrogens is 774 g/mol. The van der Waals surface area contributed by atoms with Crippen molar-refractivity contribution < 1.29 is 51.7 Å². The number of aromatic nitrogens is 1. The lowest BCUT2D eigenvalue weighted by Crippen LogP contribution is -2.43. The minimum Gasteiger partial charge on any atom is -0.462 e. The van der Waals surface area contributed by atoms with Crippen molar-refractivity contribution in [2.45, 2.75) is 93.2 Å². The quantitative estimate of drug-likeness (QED) is 0.0434. The first-order chi connectivity index (χ1) is 27.3. The molecule has 1 aliphatic rings. The van der Waals surface area contributed by atoms with Crippen LogP contribution in [0.5, 0.6) is 5.75 Å². The van der Waals surface area contributed by atoms with Gasteiger partial charge in [-0.15, -0.1) is 0 Å². The molecule has 0 unspecified atom stereocenters. The zero-order valence-electron chi connectivity index (χ0n) is 34.1. The molecule has 16 nitrogen and oxygen atoms in total. The molecule has 4 rings (SSSR count). The molecule has 3 amide bonds. The molecular formula is C40H52FN6O10P. The molecule has 0 saturated carbocycles. The van der Waals surface area contributed by atoms with Crippen molar-refractivity contribution in [3.63, 3.8) is 0 Å². The molecule has 2 aromatic carbocycles. The van der Waals surface area contributed by atoms with E-state index in [2.05, 4.69) is 25.8 Å². The number of fused-ring (bicyclic) bond motifs is 1. The molecule has 1 aliphatic heterocycles. The number of amides is 3. The van der Waals surface area contributed by atoms with Crippen molar-refractivity contribution in [2.24, 2.45) is 0 Å². The fourth-order valence-corrected chi connectivity index (χ4v) is 7.71. The number of ether oxygens (including phenoxy) is 3. The van der Waals surface area contributed by atoms with Crippen molar-refractivity contribution in [3.8, 4) is 5.75 Å². The maximum atomic E-state index is 14.0. The van der Waals surface area contributed by atoms with Crippen LogP contribution in [0, 0.1) is 19.7 Å². The van der Waals surface area contributed by atoms with E-state index in [0.29, 0.717) is 45.9 Å². The van der Waals surface area contributed by atoms with Crippen LogP contribution >= 0.6 is 7.67 Å². The van der Waals surface area contributed by atoms with Gasteiger partial charge in [-0.3, -0.25) is 19.2 Å². The summed E-state index contributed by atoms with van der Waals surface area (Å²) in [6.45, 7) is 15.3. The van der Waals surface area contributed by atoms with E-state index in [1.807, 2.05) is 0 Å². The van der Waals surface area contributed by atoms with Crippen molar-refractivity contribution in [1.29, 1.82) is 0 Å². The number of aryl methyl sites for hydroxylation is 1. The summed E-state index contributed by atoms with van der Waals surface area (Å²) in [5, 5.41) is 10.8. The number of nitrogens with one attached hydrogen (secondary N) is 5. The second-order valence-corrected chi connectivity index (χ2v) is 16.0. The molecule has 0 fully saturated rings. The highest BCUT2D eigenvalue weighted by atomic mass is 31.2. The monoisotopic (exact) mass is 826 g/mol. The number of rotatable bonds is 18. The highest BCUT2D eigenvalue weighted by Crippen LogP contribution is 2.40. The van der Waals surface area contributed by atoms with Gasteiger partial charge < -0.3 is 39.3 Å². The fourth-order valence-electron chi connectivity index (χ4n) is 5.88. The van der Waals surface area contributed by atoms with Gasteiger partial charge in [-0.1, -0.05) is 12.1 Å². The van der Waals surface area contributed by atoms with Crippen LogP contribution in [-0.4, -0.2) is 83.7 Å². The first-order valence-corrected chi connectivity index (χ1v) is 20.5. The Balaban J connectivity index is 1.33. The summed E-state index contributed by atoms with van der Waals surface area (Å²) in [5.41, 5.74) is 3.86. The number of H-pyrrole nitrogens is 1. The Morgan fingerprint density at radius 3 is 2.09 bits per heavy atom. The lowest BCUT2D eigenvalue weighted by molar-refractivity contribution is -0.149. The number of esters is 2. The van der Waals surface area contributed by atoms with Gasteiger partial charge in [0.25, 0.3) is 11.8 Å². The summed E-state index contributed by atoms with van der Waals surface area (Å²) in [6, 6.07) is 8.08. The van der Waals surface area contributed by atoms with Crippen molar-refractivity contribution >= 4 is 54.9 Å². The standard InChI is InChI=1S/C40H52FN6O10P/c1-10-47(18-17-42-37(49)35-24(6)34(43-25(35)7)20-32-31-19-29(41)13-16-33(31)44-36(32)48)40(52)54-21-28-11-14-30(15-12-28)57-58(53,45-26(8)38(50)55-22(2)3)46-27(9)39(51)56-23(4)5/h11-16,19-20,22-23,26-27,43H,10,17-18,21H2,1-9H3,(H,42,49)(H,44,48)(H2,45,46,53)/b32-20-/t26-,27-/m0/s1. The van der Waals surface area contributed by atoms with Gasteiger partial charge in [-0.25, -0.2) is 23.9 Å². The van der Waals surface area contributed by atoms with Crippen molar-refractivity contribution in [3.05, 3.63) is 81.9 Å². The molecule has 0 radical (unpaired) electrons. The van der Waals surface area contributed by atoms with E-state index in [9.17, 15) is 32.9 Å². The third-order valence-electron chi connectivity index (χ3n) is 8.72. The van der Waals surface area contributed by atoms with Crippen LogP contribution < -0.4 is 25.3 Å². The van der Waals surface area contributed by atoms with Gasteiger partial charge in [0.05, 0.1) is 23.3 Å². The van der Waals surface area contributed by atoms with E-state index in [4.69, 9.17) is 18.7 Å². The van der Waals surface area contributed by atoms with E-state index in [1.54, 1.807) is 66.7 Å². The lowest BCUT2D eigenvalue weighted by atomic mass is 10.0. The first kappa shape index (κ1) is 45.2. The summed E-state index contributed by atoms with van der Waals surface area (Å²) in [5.74, 6) is -2.45. The van der Waals surface area contributed by atoms with Crippen LogP contribution in [0.15, 0.2) is 42.5 Å². The Morgan fingerprint density at radius 2 is 1.52 bits per heavy atom. The first-order valence-electron chi connectivity index (χ1n) is 18.9. The van der Waals surface area contributed by atoms with E-state index >= 15 is 0 Å². The number of benzene rings is 2. The van der Waals surface area contributed by atoms with E-state index in [-0.39, 0.29) is 42.8 Å². The predicted molar refractivity (Wildman–Crippen MR) is 215 cm³/mol. The van der Waals surface area contributed by atoms with Crippen molar-refractivity contribution in [2.75, 3.05) is 25.0 Å². The van der Waals surface area contributed by atoms with Gasteiger partial charge in [0, 0.05) is 42.3 Å². The molecule has 3 aromatic rings. The molecule has 18 heteroatoms. The average Bonchev–Trinajstić information content (AvgIpc) is 3.60. The zero-order chi connectivity index (χ0) is 42.9. The number of likely N-dealkylation sites (N-methyl/N-ethyl adjacent to an activating group) is 1. The second-order valence-electron chi connectivity index (χ2n) is 14.2. The summed E-state index contributed by atoms with van der Waals surface area (Å²) in [4.78, 5) is 68.4. The van der Waals surface area contributed by atoms with Crippen LogP contribution in [0.3, 0.4) is 0 Å². The Labute approximate surface area is 337 Å². The molecule has 1 aromatic heterocycles. The third kappa shape index (κ3) is 12.0. The van der Waals surface area contributed by atoms with Gasteiger partial charge in [-0.2, -0.15) is 0 Å². The minimum absolute atomic E-state index is 0.110. The minimum atomic E-state index is -4.13. The fraction of sp³-hybridized carbons (Fsp3) is 0.425. The van der Waals surface area contributed by atoms with Gasteiger partial charge in [-0.05, 0) is 110 Å².